The van der Waals surface area contributed by atoms with Crippen molar-refractivity contribution >= 4 is 27.1 Å². The van der Waals surface area contributed by atoms with Crippen molar-refractivity contribution in [3.05, 3.63) is 57.6 Å². The first-order valence-electron chi connectivity index (χ1n) is 6.34. The summed E-state index contributed by atoms with van der Waals surface area (Å²) in [5.41, 5.74) is 2.65. The van der Waals surface area contributed by atoms with Gasteiger partial charge >= 0.3 is 0 Å². The minimum atomic E-state index is -4.09. The van der Waals surface area contributed by atoms with Crippen LogP contribution in [0.3, 0.4) is 0 Å². The molecule has 116 valence electrons. The lowest BCUT2D eigenvalue weighted by Crippen LogP contribution is -2.14. The van der Waals surface area contributed by atoms with Crippen LogP contribution < -0.4 is 10.5 Å². The van der Waals surface area contributed by atoms with Crippen molar-refractivity contribution in [1.82, 2.24) is 0 Å². The number of hydrogen-bond acceptors (Lipinski definition) is 5. The summed E-state index contributed by atoms with van der Waals surface area (Å²) in [4.78, 5) is 9.79. The lowest BCUT2D eigenvalue weighted by atomic mass is 10.1. The first-order chi connectivity index (χ1) is 10.2. The van der Waals surface area contributed by atoms with E-state index in [0.717, 1.165) is 17.2 Å². The van der Waals surface area contributed by atoms with Crippen LogP contribution in [0.25, 0.3) is 0 Å². The van der Waals surface area contributed by atoms with E-state index in [1.165, 1.54) is 12.1 Å². The second-order valence-electron chi connectivity index (χ2n) is 4.91. The SMILES string of the molecule is Cc1ccc(Nc2ccc([N+](=O)[O-])cc2S(N)(=O)=O)cc1C. The molecule has 0 spiro atoms. The van der Waals surface area contributed by atoms with E-state index in [9.17, 15) is 18.5 Å². The van der Waals surface area contributed by atoms with Gasteiger partial charge in [-0.1, -0.05) is 6.07 Å². The van der Waals surface area contributed by atoms with Crippen LogP contribution in [0.5, 0.6) is 0 Å². The first-order valence-corrected chi connectivity index (χ1v) is 7.88. The number of non-ortho nitro benzene ring substituents is 1. The molecule has 0 atom stereocenters. The second kappa shape index (κ2) is 5.74. The van der Waals surface area contributed by atoms with Gasteiger partial charge in [-0.2, -0.15) is 0 Å². The minimum Gasteiger partial charge on any atom is -0.354 e. The van der Waals surface area contributed by atoms with E-state index in [1.54, 1.807) is 6.07 Å². The second-order valence-corrected chi connectivity index (χ2v) is 6.44. The molecular formula is C14H15N3O4S. The summed E-state index contributed by atoms with van der Waals surface area (Å²) in [5, 5.41) is 18.9. The molecule has 22 heavy (non-hydrogen) atoms. The van der Waals surface area contributed by atoms with Crippen LogP contribution in [0, 0.1) is 24.0 Å². The summed E-state index contributed by atoms with van der Waals surface area (Å²) in [6, 6.07) is 9.02. The molecule has 0 amide bonds. The van der Waals surface area contributed by atoms with Crippen molar-refractivity contribution in [2.75, 3.05) is 5.32 Å². The molecule has 2 aromatic rings. The molecule has 0 heterocycles. The maximum absolute atomic E-state index is 11.7. The standard InChI is InChI=1S/C14H15N3O4S/c1-9-3-4-11(7-10(9)2)16-13-6-5-12(17(18)19)8-14(13)22(15,20)21/h3-8,16H,1-2H3,(H2,15,20,21). The number of anilines is 2. The fourth-order valence-electron chi connectivity index (χ4n) is 1.94. The Morgan fingerprint density at radius 1 is 1.09 bits per heavy atom. The summed E-state index contributed by atoms with van der Waals surface area (Å²) in [6.07, 6.45) is 0. The zero-order valence-electron chi connectivity index (χ0n) is 12.0. The summed E-state index contributed by atoms with van der Waals surface area (Å²) in [5.74, 6) is 0. The van der Waals surface area contributed by atoms with Gasteiger partial charge in [-0.15, -0.1) is 0 Å². The van der Waals surface area contributed by atoms with Gasteiger partial charge in [0.15, 0.2) is 0 Å². The van der Waals surface area contributed by atoms with Crippen LogP contribution >= 0.6 is 0 Å². The number of nitrogens with two attached hydrogens (primary N) is 1. The Bertz CT molecular complexity index is 847. The number of aryl methyl sites for hydroxylation is 2. The van der Waals surface area contributed by atoms with Gasteiger partial charge in [-0.05, 0) is 43.2 Å². The molecule has 0 aliphatic rings. The topological polar surface area (TPSA) is 115 Å². The van der Waals surface area contributed by atoms with Gasteiger partial charge in [-0.3, -0.25) is 10.1 Å². The number of nitro benzene ring substituents is 1. The molecule has 0 saturated heterocycles. The van der Waals surface area contributed by atoms with E-state index in [2.05, 4.69) is 5.32 Å². The molecule has 8 heteroatoms. The highest BCUT2D eigenvalue weighted by Gasteiger charge is 2.19. The number of benzene rings is 2. The molecule has 7 nitrogen and oxygen atoms in total. The predicted octanol–water partition coefficient (Wildman–Crippen LogP) is 2.60. The molecule has 0 unspecified atom stereocenters. The summed E-state index contributed by atoms with van der Waals surface area (Å²) in [7, 11) is -4.09. The monoisotopic (exact) mass is 321 g/mol. The van der Waals surface area contributed by atoms with Crippen molar-refractivity contribution in [2.24, 2.45) is 5.14 Å². The molecule has 0 aromatic heterocycles. The normalized spacial score (nSPS) is 11.2. The molecule has 3 N–H and O–H groups in total. The Morgan fingerprint density at radius 2 is 1.77 bits per heavy atom. The molecule has 0 fully saturated rings. The van der Waals surface area contributed by atoms with Gasteiger partial charge in [0.25, 0.3) is 5.69 Å². The van der Waals surface area contributed by atoms with Crippen LogP contribution in [0.15, 0.2) is 41.3 Å². The van der Waals surface area contributed by atoms with Gasteiger partial charge in [0.05, 0.1) is 10.6 Å². The zero-order valence-corrected chi connectivity index (χ0v) is 12.8. The lowest BCUT2D eigenvalue weighted by Gasteiger charge is -2.12. The van der Waals surface area contributed by atoms with Gasteiger partial charge in [0.1, 0.15) is 4.90 Å². The highest BCUT2D eigenvalue weighted by molar-refractivity contribution is 7.89. The molecule has 2 rings (SSSR count). The fraction of sp³-hybridized carbons (Fsp3) is 0.143. The average molecular weight is 321 g/mol. The number of nitrogens with zero attached hydrogens (tertiary/aromatic N) is 1. The van der Waals surface area contributed by atoms with Crippen LogP contribution in [0.1, 0.15) is 11.1 Å². The molecular weight excluding hydrogens is 306 g/mol. The van der Waals surface area contributed by atoms with E-state index in [-0.39, 0.29) is 16.3 Å². The van der Waals surface area contributed by atoms with Crippen LogP contribution in [0.2, 0.25) is 0 Å². The van der Waals surface area contributed by atoms with Gasteiger partial charge in [0, 0.05) is 17.8 Å². The number of hydrogen-bond donors (Lipinski definition) is 2. The summed E-state index contributed by atoms with van der Waals surface area (Å²) >= 11 is 0. The fourth-order valence-corrected chi connectivity index (χ4v) is 2.65. The maximum atomic E-state index is 11.7. The third kappa shape index (κ3) is 3.41. The number of sulfonamides is 1. The van der Waals surface area contributed by atoms with E-state index in [4.69, 9.17) is 5.14 Å². The van der Waals surface area contributed by atoms with Crippen molar-refractivity contribution in [2.45, 2.75) is 18.7 Å². The minimum absolute atomic E-state index is 0.191. The largest absolute Gasteiger partial charge is 0.354 e. The van der Waals surface area contributed by atoms with E-state index in [0.29, 0.717) is 5.69 Å². The summed E-state index contributed by atoms with van der Waals surface area (Å²) < 4.78 is 23.3. The van der Waals surface area contributed by atoms with Crippen LogP contribution in [0.4, 0.5) is 17.1 Å². The van der Waals surface area contributed by atoms with E-state index in [1.807, 2.05) is 26.0 Å². The van der Waals surface area contributed by atoms with Crippen molar-refractivity contribution in [3.8, 4) is 0 Å². The molecule has 0 bridgehead atoms. The number of rotatable bonds is 4. The highest BCUT2D eigenvalue weighted by atomic mass is 32.2. The first kappa shape index (κ1) is 15.9. The summed E-state index contributed by atoms with van der Waals surface area (Å²) in [6.45, 7) is 3.89. The average Bonchev–Trinajstić information content (AvgIpc) is 2.42. The van der Waals surface area contributed by atoms with Crippen LogP contribution in [-0.2, 0) is 10.0 Å². The third-order valence-electron chi connectivity index (χ3n) is 3.27. The number of nitrogens with one attached hydrogen (secondary N) is 1. The predicted molar refractivity (Wildman–Crippen MR) is 83.7 cm³/mol. The molecule has 0 aliphatic heterocycles. The van der Waals surface area contributed by atoms with E-state index < -0.39 is 14.9 Å². The van der Waals surface area contributed by atoms with Gasteiger partial charge < -0.3 is 5.32 Å². The van der Waals surface area contributed by atoms with Crippen molar-refractivity contribution < 1.29 is 13.3 Å². The van der Waals surface area contributed by atoms with Crippen LogP contribution in [-0.4, -0.2) is 13.3 Å². The highest BCUT2D eigenvalue weighted by Crippen LogP contribution is 2.28. The molecule has 0 aliphatic carbocycles. The van der Waals surface area contributed by atoms with Gasteiger partial charge in [-0.25, -0.2) is 13.6 Å². The van der Waals surface area contributed by atoms with E-state index >= 15 is 0 Å². The molecule has 0 saturated carbocycles. The Morgan fingerprint density at radius 3 is 2.32 bits per heavy atom. The number of nitro groups is 1. The lowest BCUT2D eigenvalue weighted by molar-refractivity contribution is -0.385. The van der Waals surface area contributed by atoms with Crippen molar-refractivity contribution in [3.63, 3.8) is 0 Å². The Kier molecular flexibility index (Phi) is 4.16. The quantitative estimate of drug-likeness (QED) is 0.663. The Hall–Kier alpha value is -2.45. The molecule has 0 radical (unpaired) electrons. The number of primary sulfonamides is 1. The van der Waals surface area contributed by atoms with Crippen molar-refractivity contribution in [1.29, 1.82) is 0 Å². The Labute approximate surface area is 128 Å². The molecule has 2 aromatic carbocycles. The third-order valence-corrected chi connectivity index (χ3v) is 4.22. The van der Waals surface area contributed by atoms with Gasteiger partial charge in [0.2, 0.25) is 10.0 Å². The maximum Gasteiger partial charge on any atom is 0.270 e. The smallest absolute Gasteiger partial charge is 0.270 e. The Balaban J connectivity index is 2.50. The zero-order chi connectivity index (χ0) is 16.5.